The Bertz CT molecular complexity index is 802. The van der Waals surface area contributed by atoms with Gasteiger partial charge in [0, 0.05) is 13.1 Å². The molecular weight excluding hydrogens is 366 g/mol. The molecule has 0 spiro atoms. The number of aliphatic hydroxyl groups is 1. The molecule has 2 aromatic carbocycles. The lowest BCUT2D eigenvalue weighted by Crippen LogP contribution is -2.39. The number of guanidine groups is 1. The maximum Gasteiger partial charge on any atom is 0.387 e. The Kier molecular flexibility index (Phi) is 8.18. The van der Waals surface area contributed by atoms with E-state index in [1.165, 1.54) is 24.3 Å². The van der Waals surface area contributed by atoms with Gasteiger partial charge in [0.05, 0.1) is 24.3 Å². The van der Waals surface area contributed by atoms with Gasteiger partial charge in [-0.3, -0.25) is 0 Å². The van der Waals surface area contributed by atoms with Crippen LogP contribution in [0.5, 0.6) is 5.75 Å². The molecule has 0 heterocycles. The van der Waals surface area contributed by atoms with Gasteiger partial charge in [0.2, 0.25) is 0 Å². The van der Waals surface area contributed by atoms with Crippen LogP contribution >= 0.6 is 0 Å². The van der Waals surface area contributed by atoms with Crippen molar-refractivity contribution in [2.75, 3.05) is 13.1 Å². The van der Waals surface area contributed by atoms with Crippen LogP contribution in [0.25, 0.3) is 0 Å². The number of benzene rings is 2. The molecule has 0 saturated heterocycles. The van der Waals surface area contributed by atoms with E-state index in [4.69, 9.17) is 5.26 Å². The minimum absolute atomic E-state index is 0.0382. The van der Waals surface area contributed by atoms with Crippen molar-refractivity contribution in [3.05, 3.63) is 65.2 Å². The van der Waals surface area contributed by atoms with Crippen LogP contribution in [0, 0.1) is 11.3 Å². The first-order valence-corrected chi connectivity index (χ1v) is 8.76. The van der Waals surface area contributed by atoms with Gasteiger partial charge in [0.1, 0.15) is 5.75 Å². The lowest BCUT2D eigenvalue weighted by Gasteiger charge is -2.16. The zero-order chi connectivity index (χ0) is 20.4. The van der Waals surface area contributed by atoms with Crippen molar-refractivity contribution in [3.63, 3.8) is 0 Å². The first-order chi connectivity index (χ1) is 13.5. The Labute approximate surface area is 162 Å². The number of nitriles is 1. The number of aliphatic imine (C=N–C) groups is 1. The highest BCUT2D eigenvalue weighted by Gasteiger charge is 2.10. The molecule has 0 aromatic heterocycles. The number of ether oxygens (including phenoxy) is 1. The first-order valence-electron chi connectivity index (χ1n) is 8.76. The van der Waals surface area contributed by atoms with Crippen LogP contribution < -0.4 is 15.4 Å². The highest BCUT2D eigenvalue weighted by atomic mass is 19.3. The number of alkyl halides is 2. The van der Waals surface area contributed by atoms with E-state index in [9.17, 15) is 13.9 Å². The summed E-state index contributed by atoms with van der Waals surface area (Å²) in [5, 5.41) is 25.2. The molecule has 28 heavy (non-hydrogen) atoms. The van der Waals surface area contributed by atoms with E-state index in [2.05, 4.69) is 26.4 Å². The lowest BCUT2D eigenvalue weighted by molar-refractivity contribution is -0.0498. The summed E-state index contributed by atoms with van der Waals surface area (Å²) in [6.45, 7) is 0.296. The summed E-state index contributed by atoms with van der Waals surface area (Å²) in [6, 6.07) is 15.0. The third-order valence-electron chi connectivity index (χ3n) is 3.80. The second-order valence-corrected chi connectivity index (χ2v) is 5.85. The van der Waals surface area contributed by atoms with Crippen LogP contribution in [0.4, 0.5) is 8.78 Å². The lowest BCUT2D eigenvalue weighted by atomic mass is 10.1. The number of halogens is 2. The van der Waals surface area contributed by atoms with E-state index >= 15 is 0 Å². The van der Waals surface area contributed by atoms with Crippen molar-refractivity contribution in [2.45, 2.75) is 26.2 Å². The Morgan fingerprint density at radius 1 is 1.14 bits per heavy atom. The molecule has 148 valence electrons. The average Bonchev–Trinajstić information content (AvgIpc) is 2.70. The zero-order valence-electron chi connectivity index (χ0n) is 15.4. The van der Waals surface area contributed by atoms with E-state index in [1.807, 2.05) is 19.1 Å². The third-order valence-corrected chi connectivity index (χ3v) is 3.80. The summed E-state index contributed by atoms with van der Waals surface area (Å²) in [5.74, 6) is 0.569. The summed E-state index contributed by atoms with van der Waals surface area (Å²) in [4.78, 5) is 4.45. The predicted molar refractivity (Wildman–Crippen MR) is 102 cm³/mol. The SMILES string of the molecule is CCNC(=NCc1ccc(C#N)cc1)NCC(O)c1ccc(OC(F)F)cc1. The van der Waals surface area contributed by atoms with Crippen LogP contribution in [-0.2, 0) is 6.54 Å². The molecule has 0 aliphatic carbocycles. The standard InChI is InChI=1S/C20H22F2N4O2/c1-2-24-20(25-12-15-5-3-14(11-23)4-6-15)26-13-18(27)16-7-9-17(10-8-16)28-19(21)22/h3-10,18-19,27H,2,12-13H2,1H3,(H2,24,25,26). The van der Waals surface area contributed by atoms with Crippen molar-refractivity contribution in [1.29, 1.82) is 5.26 Å². The Morgan fingerprint density at radius 2 is 1.82 bits per heavy atom. The van der Waals surface area contributed by atoms with Gasteiger partial charge in [0.25, 0.3) is 0 Å². The molecule has 0 bridgehead atoms. The predicted octanol–water partition coefficient (Wildman–Crippen LogP) is 2.95. The van der Waals surface area contributed by atoms with Crippen LogP contribution in [0.3, 0.4) is 0 Å². The van der Waals surface area contributed by atoms with Gasteiger partial charge >= 0.3 is 6.61 Å². The summed E-state index contributed by atoms with van der Waals surface area (Å²) < 4.78 is 28.6. The number of hydrogen-bond donors (Lipinski definition) is 3. The van der Waals surface area contributed by atoms with E-state index in [1.54, 1.807) is 12.1 Å². The minimum atomic E-state index is -2.88. The largest absolute Gasteiger partial charge is 0.435 e. The van der Waals surface area contributed by atoms with Gasteiger partial charge in [-0.25, -0.2) is 4.99 Å². The van der Waals surface area contributed by atoms with Gasteiger partial charge in [-0.1, -0.05) is 24.3 Å². The zero-order valence-corrected chi connectivity index (χ0v) is 15.4. The quantitative estimate of drug-likeness (QED) is 0.478. The minimum Gasteiger partial charge on any atom is -0.435 e. The van der Waals surface area contributed by atoms with Gasteiger partial charge in [-0.05, 0) is 42.3 Å². The van der Waals surface area contributed by atoms with Crippen LogP contribution in [0.2, 0.25) is 0 Å². The molecule has 1 unspecified atom stereocenters. The molecule has 0 aliphatic rings. The molecule has 0 aliphatic heterocycles. The van der Waals surface area contributed by atoms with Crippen LogP contribution in [-0.4, -0.2) is 30.8 Å². The summed E-state index contributed by atoms with van der Waals surface area (Å²) in [7, 11) is 0. The van der Waals surface area contributed by atoms with Crippen molar-refractivity contribution < 1.29 is 18.6 Å². The monoisotopic (exact) mass is 388 g/mol. The highest BCUT2D eigenvalue weighted by molar-refractivity contribution is 5.79. The van der Waals surface area contributed by atoms with Crippen molar-refractivity contribution in [1.82, 2.24) is 10.6 Å². The molecule has 2 aromatic rings. The number of nitrogens with one attached hydrogen (secondary N) is 2. The van der Waals surface area contributed by atoms with E-state index in [-0.39, 0.29) is 12.3 Å². The fourth-order valence-electron chi connectivity index (χ4n) is 2.38. The number of aliphatic hydroxyl groups excluding tert-OH is 1. The van der Waals surface area contributed by atoms with Crippen molar-refractivity contribution >= 4 is 5.96 Å². The molecule has 0 saturated carbocycles. The Balaban J connectivity index is 1.92. The molecule has 0 radical (unpaired) electrons. The molecule has 0 amide bonds. The van der Waals surface area contributed by atoms with Crippen molar-refractivity contribution in [3.8, 4) is 11.8 Å². The summed E-state index contributed by atoms with van der Waals surface area (Å²) in [5.41, 5.74) is 2.11. The number of nitrogens with zero attached hydrogens (tertiary/aromatic N) is 2. The van der Waals surface area contributed by atoms with Crippen molar-refractivity contribution in [2.24, 2.45) is 4.99 Å². The maximum atomic E-state index is 12.2. The summed E-state index contributed by atoms with van der Waals surface area (Å²) >= 11 is 0. The van der Waals surface area contributed by atoms with Gasteiger partial charge in [-0.2, -0.15) is 14.0 Å². The van der Waals surface area contributed by atoms with E-state index < -0.39 is 12.7 Å². The average molecular weight is 388 g/mol. The second kappa shape index (κ2) is 10.8. The molecule has 0 fully saturated rings. The Hall–Kier alpha value is -3.18. The first kappa shape index (κ1) is 21.1. The number of hydrogen-bond acceptors (Lipinski definition) is 4. The van der Waals surface area contributed by atoms with E-state index in [0.717, 1.165) is 5.56 Å². The second-order valence-electron chi connectivity index (χ2n) is 5.85. The topological polar surface area (TPSA) is 89.7 Å². The number of rotatable bonds is 8. The fraction of sp³-hybridized carbons (Fsp3) is 0.300. The summed E-state index contributed by atoms with van der Waals surface area (Å²) in [6.07, 6.45) is -0.848. The van der Waals surface area contributed by atoms with E-state index in [0.29, 0.717) is 30.2 Å². The third kappa shape index (κ3) is 6.85. The Morgan fingerprint density at radius 3 is 2.39 bits per heavy atom. The highest BCUT2D eigenvalue weighted by Crippen LogP contribution is 2.19. The van der Waals surface area contributed by atoms with Gasteiger partial charge < -0.3 is 20.5 Å². The van der Waals surface area contributed by atoms with Crippen LogP contribution in [0.1, 0.15) is 29.7 Å². The smallest absolute Gasteiger partial charge is 0.387 e. The molecule has 6 nitrogen and oxygen atoms in total. The molecule has 8 heteroatoms. The molecule has 2 rings (SSSR count). The molecule has 3 N–H and O–H groups in total. The maximum absolute atomic E-state index is 12.2. The molecule has 1 atom stereocenters. The molecular formula is C20H22F2N4O2. The van der Waals surface area contributed by atoms with Gasteiger partial charge in [-0.15, -0.1) is 0 Å². The van der Waals surface area contributed by atoms with Gasteiger partial charge in [0.15, 0.2) is 5.96 Å². The fourth-order valence-corrected chi connectivity index (χ4v) is 2.38. The van der Waals surface area contributed by atoms with Crippen LogP contribution in [0.15, 0.2) is 53.5 Å². The normalized spacial score (nSPS) is 12.4.